The average Bonchev–Trinajstić information content (AvgIpc) is 2.72. The molecule has 0 heterocycles. The highest BCUT2D eigenvalue weighted by Crippen LogP contribution is 2.37. The molecule has 29 heavy (non-hydrogen) atoms. The molecular weight excluding hydrogens is 366 g/mol. The minimum absolute atomic E-state index is 0.0602. The van der Waals surface area contributed by atoms with E-state index in [4.69, 9.17) is 9.47 Å². The van der Waals surface area contributed by atoms with Gasteiger partial charge >= 0.3 is 5.97 Å². The Bertz CT molecular complexity index is 1010. The topological polar surface area (TPSA) is 64.6 Å². The predicted octanol–water partition coefficient (Wildman–Crippen LogP) is 4.78. The van der Waals surface area contributed by atoms with Crippen molar-refractivity contribution in [2.45, 2.75) is 32.7 Å². The monoisotopic (exact) mass is 391 g/mol. The van der Waals surface area contributed by atoms with Gasteiger partial charge in [0.05, 0.1) is 13.2 Å². The minimum atomic E-state index is -0.472. The first-order valence-electron chi connectivity index (χ1n) is 9.66. The second-order valence-corrected chi connectivity index (χ2v) is 6.82. The molecule has 0 unspecified atom stereocenters. The maximum atomic E-state index is 12.5. The molecule has 0 bridgehead atoms. The van der Waals surface area contributed by atoms with Gasteiger partial charge in [-0.1, -0.05) is 49.4 Å². The van der Waals surface area contributed by atoms with Gasteiger partial charge in [0, 0.05) is 18.9 Å². The number of fused-ring (bicyclic) bond motifs is 1. The van der Waals surface area contributed by atoms with E-state index in [1.807, 2.05) is 61.5 Å². The molecule has 150 valence electrons. The summed E-state index contributed by atoms with van der Waals surface area (Å²) in [7, 11) is 1.61. The second kappa shape index (κ2) is 9.24. The molecule has 0 aliphatic heterocycles. The molecule has 0 aliphatic rings. The standard InChI is InChI=1S/C24H25NO4/c1-4-7-22(27)25-24(18-10-13-19(28-3)14-11-18)23-20-9-6-5-8-17(20)12-15-21(23)29-16(2)26/h5-6,8-15,24H,4,7H2,1-3H3,(H,25,27)/t24-/m0/s1. The second-order valence-electron chi connectivity index (χ2n) is 6.82. The number of hydrogen-bond acceptors (Lipinski definition) is 4. The first kappa shape index (κ1) is 20.4. The van der Waals surface area contributed by atoms with Gasteiger partial charge in [0.25, 0.3) is 0 Å². The Labute approximate surface area is 170 Å². The molecule has 1 atom stereocenters. The van der Waals surface area contributed by atoms with Gasteiger partial charge in [-0.2, -0.15) is 0 Å². The highest BCUT2D eigenvalue weighted by molar-refractivity contribution is 5.90. The third-order valence-electron chi connectivity index (χ3n) is 4.70. The molecule has 0 radical (unpaired) electrons. The van der Waals surface area contributed by atoms with E-state index < -0.39 is 12.0 Å². The summed E-state index contributed by atoms with van der Waals surface area (Å²) in [6.07, 6.45) is 1.16. The van der Waals surface area contributed by atoms with Crippen LogP contribution in [0.1, 0.15) is 43.9 Å². The van der Waals surface area contributed by atoms with Crippen LogP contribution < -0.4 is 14.8 Å². The van der Waals surface area contributed by atoms with E-state index in [0.717, 1.165) is 34.1 Å². The first-order chi connectivity index (χ1) is 14.0. The van der Waals surface area contributed by atoms with Gasteiger partial charge in [-0.15, -0.1) is 0 Å². The fraction of sp³-hybridized carbons (Fsp3) is 0.250. The van der Waals surface area contributed by atoms with Crippen LogP contribution in [0.5, 0.6) is 11.5 Å². The van der Waals surface area contributed by atoms with Gasteiger partial charge in [0.15, 0.2) is 0 Å². The molecule has 0 aromatic heterocycles. The molecular formula is C24H25NO4. The Morgan fingerprint density at radius 2 is 1.72 bits per heavy atom. The van der Waals surface area contributed by atoms with Crippen molar-refractivity contribution in [3.8, 4) is 11.5 Å². The molecule has 0 spiro atoms. The summed E-state index contributed by atoms with van der Waals surface area (Å²) >= 11 is 0. The Kier molecular flexibility index (Phi) is 6.50. The first-order valence-corrected chi connectivity index (χ1v) is 9.66. The normalized spacial score (nSPS) is 11.7. The van der Waals surface area contributed by atoms with E-state index in [9.17, 15) is 9.59 Å². The number of amides is 1. The van der Waals surface area contributed by atoms with Crippen LogP contribution >= 0.6 is 0 Å². The quantitative estimate of drug-likeness (QED) is 0.465. The van der Waals surface area contributed by atoms with Gasteiger partial charge in [-0.05, 0) is 41.0 Å². The number of methoxy groups -OCH3 is 1. The zero-order chi connectivity index (χ0) is 20.8. The number of carbonyl (C=O) groups is 2. The van der Waals surface area contributed by atoms with E-state index in [-0.39, 0.29) is 5.91 Å². The number of carbonyl (C=O) groups excluding carboxylic acids is 2. The highest BCUT2D eigenvalue weighted by Gasteiger charge is 2.24. The van der Waals surface area contributed by atoms with Crippen LogP contribution in [0.4, 0.5) is 0 Å². The summed E-state index contributed by atoms with van der Waals surface area (Å²) in [6.45, 7) is 3.33. The number of esters is 1. The third-order valence-corrected chi connectivity index (χ3v) is 4.70. The number of benzene rings is 3. The maximum Gasteiger partial charge on any atom is 0.308 e. The van der Waals surface area contributed by atoms with Crippen molar-refractivity contribution in [3.05, 3.63) is 71.8 Å². The summed E-state index contributed by atoms with van der Waals surface area (Å²) in [5.74, 6) is 0.698. The molecule has 3 aromatic carbocycles. The van der Waals surface area contributed by atoms with Crippen LogP contribution in [0.3, 0.4) is 0 Å². The predicted molar refractivity (Wildman–Crippen MR) is 113 cm³/mol. The summed E-state index contributed by atoms with van der Waals surface area (Å²) in [5.41, 5.74) is 1.63. The van der Waals surface area contributed by atoms with Crippen molar-refractivity contribution in [2.24, 2.45) is 0 Å². The van der Waals surface area contributed by atoms with E-state index in [1.54, 1.807) is 13.2 Å². The molecule has 5 nitrogen and oxygen atoms in total. The number of ether oxygens (including phenoxy) is 2. The Morgan fingerprint density at radius 3 is 2.38 bits per heavy atom. The van der Waals surface area contributed by atoms with Gasteiger partial charge in [-0.3, -0.25) is 9.59 Å². The largest absolute Gasteiger partial charge is 0.497 e. The van der Waals surface area contributed by atoms with Crippen molar-refractivity contribution in [1.29, 1.82) is 0 Å². The molecule has 0 fully saturated rings. The number of rotatable bonds is 7. The van der Waals surface area contributed by atoms with Crippen LogP contribution in [0, 0.1) is 0 Å². The van der Waals surface area contributed by atoms with Crippen molar-refractivity contribution in [1.82, 2.24) is 5.32 Å². The van der Waals surface area contributed by atoms with Gasteiger partial charge in [-0.25, -0.2) is 0 Å². The summed E-state index contributed by atoms with van der Waals surface area (Å²) in [5, 5.41) is 5.04. The Morgan fingerprint density at radius 1 is 1.00 bits per heavy atom. The van der Waals surface area contributed by atoms with Gasteiger partial charge in [0.2, 0.25) is 5.91 Å². The fourth-order valence-electron chi connectivity index (χ4n) is 3.40. The average molecular weight is 391 g/mol. The summed E-state index contributed by atoms with van der Waals surface area (Å²) in [4.78, 5) is 24.3. The van der Waals surface area contributed by atoms with Crippen molar-refractivity contribution < 1.29 is 19.1 Å². The number of hydrogen-bond donors (Lipinski definition) is 1. The highest BCUT2D eigenvalue weighted by atomic mass is 16.5. The lowest BCUT2D eigenvalue weighted by molar-refractivity contribution is -0.131. The minimum Gasteiger partial charge on any atom is -0.497 e. The Hall–Kier alpha value is -3.34. The molecule has 5 heteroatoms. The van der Waals surface area contributed by atoms with Crippen LogP contribution in [-0.2, 0) is 9.59 Å². The molecule has 3 aromatic rings. The van der Waals surface area contributed by atoms with Crippen molar-refractivity contribution in [2.75, 3.05) is 7.11 Å². The molecule has 0 aliphatic carbocycles. The SMILES string of the molecule is CCCC(=O)N[C@@H](c1ccc(OC)cc1)c1c(OC(C)=O)ccc2ccccc12. The Balaban J connectivity index is 2.20. The smallest absolute Gasteiger partial charge is 0.308 e. The lowest BCUT2D eigenvalue weighted by Crippen LogP contribution is -2.29. The van der Waals surface area contributed by atoms with E-state index in [1.165, 1.54) is 6.92 Å². The van der Waals surface area contributed by atoms with Crippen LogP contribution in [0.15, 0.2) is 60.7 Å². The zero-order valence-corrected chi connectivity index (χ0v) is 16.9. The van der Waals surface area contributed by atoms with Crippen molar-refractivity contribution in [3.63, 3.8) is 0 Å². The molecule has 3 rings (SSSR count). The lowest BCUT2D eigenvalue weighted by atomic mass is 9.92. The zero-order valence-electron chi connectivity index (χ0n) is 16.9. The lowest BCUT2D eigenvalue weighted by Gasteiger charge is -2.24. The maximum absolute atomic E-state index is 12.5. The van der Waals surface area contributed by atoms with Crippen LogP contribution in [0.25, 0.3) is 10.8 Å². The van der Waals surface area contributed by atoms with E-state index in [0.29, 0.717) is 12.2 Å². The van der Waals surface area contributed by atoms with Crippen molar-refractivity contribution >= 4 is 22.6 Å². The number of nitrogens with one attached hydrogen (secondary N) is 1. The van der Waals surface area contributed by atoms with Gasteiger partial charge in [0.1, 0.15) is 11.5 Å². The summed E-state index contributed by atoms with van der Waals surface area (Å²) < 4.78 is 10.8. The molecule has 1 amide bonds. The molecule has 0 saturated carbocycles. The molecule has 1 N–H and O–H groups in total. The third kappa shape index (κ3) is 4.74. The fourth-order valence-corrected chi connectivity index (χ4v) is 3.40. The van der Waals surface area contributed by atoms with Gasteiger partial charge < -0.3 is 14.8 Å². The van der Waals surface area contributed by atoms with Crippen LogP contribution in [0.2, 0.25) is 0 Å². The molecule has 0 saturated heterocycles. The van der Waals surface area contributed by atoms with E-state index in [2.05, 4.69) is 5.32 Å². The van der Waals surface area contributed by atoms with Crippen LogP contribution in [-0.4, -0.2) is 19.0 Å². The van der Waals surface area contributed by atoms with E-state index >= 15 is 0 Å². The summed E-state index contributed by atoms with van der Waals surface area (Å²) in [6, 6.07) is 18.6.